The van der Waals surface area contributed by atoms with Crippen LogP contribution in [-0.2, 0) is 17.6 Å². The summed E-state index contributed by atoms with van der Waals surface area (Å²) in [6.07, 6.45) is 4.42. The van der Waals surface area contributed by atoms with E-state index < -0.39 is 0 Å². The number of ether oxygens (including phenoxy) is 1. The van der Waals surface area contributed by atoms with Gasteiger partial charge in [0.1, 0.15) is 5.75 Å². The van der Waals surface area contributed by atoms with Crippen molar-refractivity contribution < 1.29 is 14.3 Å². The van der Waals surface area contributed by atoms with Crippen LogP contribution in [0.4, 0.5) is 5.13 Å². The lowest BCUT2D eigenvalue weighted by Gasteiger charge is -2.06. The van der Waals surface area contributed by atoms with E-state index in [-0.39, 0.29) is 11.9 Å². The molecule has 1 heterocycles. The number of thiazole rings is 1. The second-order valence-corrected chi connectivity index (χ2v) is 6.25. The number of esters is 1. The summed E-state index contributed by atoms with van der Waals surface area (Å²) in [6, 6.07) is 6.45. The minimum Gasteiger partial charge on any atom is -0.427 e. The molecular formula is C16H16N2O3S. The van der Waals surface area contributed by atoms with Crippen molar-refractivity contribution in [2.24, 2.45) is 0 Å². The van der Waals surface area contributed by atoms with E-state index in [0.717, 1.165) is 18.5 Å². The van der Waals surface area contributed by atoms with Gasteiger partial charge in [-0.05, 0) is 49.9 Å². The number of carbonyl (C=O) groups is 2. The van der Waals surface area contributed by atoms with Crippen LogP contribution in [0.3, 0.4) is 0 Å². The first-order valence-electron chi connectivity index (χ1n) is 7.20. The van der Waals surface area contributed by atoms with Crippen LogP contribution in [0.1, 0.15) is 40.7 Å². The van der Waals surface area contributed by atoms with Gasteiger partial charge in [-0.3, -0.25) is 14.9 Å². The van der Waals surface area contributed by atoms with E-state index in [1.54, 1.807) is 35.6 Å². The van der Waals surface area contributed by atoms with Crippen LogP contribution in [0.25, 0.3) is 0 Å². The molecule has 6 heteroatoms. The maximum Gasteiger partial charge on any atom is 0.308 e. The van der Waals surface area contributed by atoms with Gasteiger partial charge >= 0.3 is 5.97 Å². The number of benzene rings is 1. The Bertz CT molecular complexity index is 683. The zero-order chi connectivity index (χ0) is 15.5. The highest BCUT2D eigenvalue weighted by atomic mass is 32.1. The van der Waals surface area contributed by atoms with Gasteiger partial charge in [-0.15, -0.1) is 11.3 Å². The van der Waals surface area contributed by atoms with Crippen molar-refractivity contribution in [1.82, 2.24) is 4.98 Å². The van der Waals surface area contributed by atoms with Gasteiger partial charge in [0.15, 0.2) is 5.13 Å². The van der Waals surface area contributed by atoms with E-state index >= 15 is 0 Å². The molecule has 1 amide bonds. The summed E-state index contributed by atoms with van der Waals surface area (Å²) >= 11 is 1.56. The Morgan fingerprint density at radius 2 is 1.91 bits per heavy atom. The molecule has 0 unspecified atom stereocenters. The fourth-order valence-corrected chi connectivity index (χ4v) is 3.46. The van der Waals surface area contributed by atoms with E-state index in [2.05, 4.69) is 10.3 Å². The van der Waals surface area contributed by atoms with Crippen LogP contribution in [-0.4, -0.2) is 16.9 Å². The van der Waals surface area contributed by atoms with Gasteiger partial charge in [0, 0.05) is 17.4 Å². The average Bonchev–Trinajstić information content (AvgIpc) is 2.89. The fraction of sp³-hybridized carbons (Fsp3) is 0.312. The Kier molecular flexibility index (Phi) is 4.20. The SMILES string of the molecule is CC(=O)Oc1ccc(C(=O)Nc2nc3c(s2)CCCC3)cc1. The van der Waals surface area contributed by atoms with E-state index in [1.807, 2.05) is 0 Å². The van der Waals surface area contributed by atoms with Crippen LogP contribution >= 0.6 is 11.3 Å². The Labute approximate surface area is 132 Å². The Hall–Kier alpha value is -2.21. The smallest absolute Gasteiger partial charge is 0.308 e. The maximum atomic E-state index is 12.2. The van der Waals surface area contributed by atoms with E-state index in [4.69, 9.17) is 4.74 Å². The Morgan fingerprint density at radius 1 is 1.18 bits per heavy atom. The molecule has 1 aliphatic rings. The van der Waals surface area contributed by atoms with Crippen LogP contribution in [0.15, 0.2) is 24.3 Å². The highest BCUT2D eigenvalue weighted by Crippen LogP contribution is 2.29. The molecule has 0 atom stereocenters. The highest BCUT2D eigenvalue weighted by Gasteiger charge is 2.16. The minimum atomic E-state index is -0.384. The summed E-state index contributed by atoms with van der Waals surface area (Å²) in [6.45, 7) is 1.34. The number of anilines is 1. The van der Waals surface area contributed by atoms with Gasteiger partial charge in [0.2, 0.25) is 0 Å². The largest absolute Gasteiger partial charge is 0.427 e. The number of rotatable bonds is 3. The lowest BCUT2D eigenvalue weighted by atomic mass is 10.0. The van der Waals surface area contributed by atoms with Crippen molar-refractivity contribution in [3.63, 3.8) is 0 Å². The zero-order valence-corrected chi connectivity index (χ0v) is 13.0. The number of amides is 1. The normalized spacial score (nSPS) is 13.3. The molecule has 1 aromatic heterocycles. The number of nitrogens with zero attached hydrogens (tertiary/aromatic N) is 1. The predicted molar refractivity (Wildman–Crippen MR) is 84.5 cm³/mol. The van der Waals surface area contributed by atoms with Crippen molar-refractivity contribution in [2.45, 2.75) is 32.6 Å². The maximum absolute atomic E-state index is 12.2. The summed E-state index contributed by atoms with van der Waals surface area (Å²) in [5, 5.41) is 3.49. The van der Waals surface area contributed by atoms with E-state index in [9.17, 15) is 9.59 Å². The number of hydrogen-bond donors (Lipinski definition) is 1. The Balaban J connectivity index is 1.68. The fourth-order valence-electron chi connectivity index (χ4n) is 2.42. The molecule has 0 aliphatic heterocycles. The molecule has 114 valence electrons. The lowest BCUT2D eigenvalue weighted by Crippen LogP contribution is -2.11. The monoisotopic (exact) mass is 316 g/mol. The Morgan fingerprint density at radius 3 is 2.59 bits per heavy atom. The molecule has 2 aromatic rings. The first-order chi connectivity index (χ1) is 10.6. The molecule has 1 N–H and O–H groups in total. The molecule has 22 heavy (non-hydrogen) atoms. The number of carbonyl (C=O) groups excluding carboxylic acids is 2. The van der Waals surface area contributed by atoms with Gasteiger partial charge < -0.3 is 4.74 Å². The third kappa shape index (κ3) is 3.33. The third-order valence-corrected chi connectivity index (χ3v) is 4.52. The third-order valence-electron chi connectivity index (χ3n) is 3.44. The second kappa shape index (κ2) is 6.27. The molecule has 0 saturated heterocycles. The zero-order valence-electron chi connectivity index (χ0n) is 12.2. The standard InChI is InChI=1S/C16H16N2O3S/c1-10(19)21-12-8-6-11(7-9-12)15(20)18-16-17-13-4-2-3-5-14(13)22-16/h6-9H,2-5H2,1H3,(H,17,18,20). The highest BCUT2D eigenvalue weighted by molar-refractivity contribution is 7.15. The summed E-state index contributed by atoms with van der Waals surface area (Å²) in [7, 11) is 0. The van der Waals surface area contributed by atoms with Crippen LogP contribution in [0, 0.1) is 0 Å². The molecule has 1 aromatic carbocycles. The van der Waals surface area contributed by atoms with Crippen LogP contribution in [0.5, 0.6) is 5.75 Å². The topological polar surface area (TPSA) is 68.3 Å². The molecule has 0 radical (unpaired) electrons. The van der Waals surface area contributed by atoms with Crippen molar-refractivity contribution in [3.05, 3.63) is 40.4 Å². The van der Waals surface area contributed by atoms with Crippen molar-refractivity contribution in [1.29, 1.82) is 0 Å². The number of hydrogen-bond acceptors (Lipinski definition) is 5. The number of nitrogens with one attached hydrogen (secondary N) is 1. The van der Waals surface area contributed by atoms with E-state index in [0.29, 0.717) is 16.4 Å². The van der Waals surface area contributed by atoms with Crippen molar-refractivity contribution >= 4 is 28.3 Å². The quantitative estimate of drug-likeness (QED) is 0.697. The van der Waals surface area contributed by atoms with Crippen molar-refractivity contribution in [2.75, 3.05) is 5.32 Å². The van der Waals surface area contributed by atoms with Gasteiger partial charge in [-0.25, -0.2) is 4.98 Å². The second-order valence-electron chi connectivity index (χ2n) is 5.17. The van der Waals surface area contributed by atoms with Gasteiger partial charge in [-0.1, -0.05) is 0 Å². The summed E-state index contributed by atoms with van der Waals surface area (Å²) in [5.41, 5.74) is 1.63. The number of fused-ring (bicyclic) bond motifs is 1. The molecule has 0 bridgehead atoms. The van der Waals surface area contributed by atoms with Crippen LogP contribution < -0.4 is 10.1 Å². The number of aromatic nitrogens is 1. The summed E-state index contributed by atoms with van der Waals surface area (Å²) in [5.74, 6) is -0.167. The molecule has 1 aliphatic carbocycles. The first-order valence-corrected chi connectivity index (χ1v) is 8.02. The van der Waals surface area contributed by atoms with E-state index in [1.165, 1.54) is 24.6 Å². The van der Waals surface area contributed by atoms with Crippen LogP contribution in [0.2, 0.25) is 0 Å². The van der Waals surface area contributed by atoms with Crippen molar-refractivity contribution in [3.8, 4) is 5.75 Å². The summed E-state index contributed by atoms with van der Waals surface area (Å²) in [4.78, 5) is 28.8. The number of aryl methyl sites for hydroxylation is 2. The van der Waals surface area contributed by atoms with Gasteiger partial charge in [0.05, 0.1) is 5.69 Å². The summed E-state index contributed by atoms with van der Waals surface area (Å²) < 4.78 is 4.94. The molecule has 3 rings (SSSR count). The lowest BCUT2D eigenvalue weighted by molar-refractivity contribution is -0.131. The van der Waals surface area contributed by atoms with Gasteiger partial charge in [-0.2, -0.15) is 0 Å². The van der Waals surface area contributed by atoms with Gasteiger partial charge in [0.25, 0.3) is 5.91 Å². The average molecular weight is 316 g/mol. The minimum absolute atomic E-state index is 0.208. The molecule has 5 nitrogen and oxygen atoms in total. The molecule has 0 spiro atoms. The molecule has 0 saturated carbocycles. The first kappa shape index (κ1) is 14.7. The predicted octanol–water partition coefficient (Wildman–Crippen LogP) is 3.20. The molecular weight excluding hydrogens is 300 g/mol. The molecule has 0 fully saturated rings.